The van der Waals surface area contributed by atoms with E-state index < -0.39 is 0 Å². The van der Waals surface area contributed by atoms with Gasteiger partial charge in [-0.2, -0.15) is 0 Å². The fourth-order valence-corrected chi connectivity index (χ4v) is 5.53. The molecule has 1 aromatic heterocycles. The highest BCUT2D eigenvalue weighted by atomic mass is 19.1. The van der Waals surface area contributed by atoms with E-state index in [1.54, 1.807) is 14.2 Å². The van der Waals surface area contributed by atoms with Gasteiger partial charge >= 0.3 is 0 Å². The average Bonchev–Trinajstić information content (AvgIpc) is 3.34. The molecule has 7 heteroatoms. The van der Waals surface area contributed by atoms with Crippen molar-refractivity contribution in [3.63, 3.8) is 0 Å². The number of nitrogens with zero attached hydrogens (tertiary/aromatic N) is 3. The summed E-state index contributed by atoms with van der Waals surface area (Å²) < 4.78 is 26.9. The van der Waals surface area contributed by atoms with Gasteiger partial charge < -0.3 is 23.8 Å². The molecule has 39 heavy (non-hydrogen) atoms. The highest BCUT2D eigenvalue weighted by molar-refractivity contribution is 5.87. The Morgan fingerprint density at radius 1 is 0.923 bits per heavy atom. The number of halogens is 1. The fourth-order valence-electron chi connectivity index (χ4n) is 5.53. The Kier molecular flexibility index (Phi) is 8.17. The summed E-state index contributed by atoms with van der Waals surface area (Å²) in [6.45, 7) is 7.04. The first kappa shape index (κ1) is 26.8. The number of methoxy groups -OCH3 is 2. The third-order valence-corrected chi connectivity index (χ3v) is 7.79. The molecular weight excluding hydrogens is 493 g/mol. The SMILES string of the molecule is CCN1CCN(C(=O)C[C@H](c2cc(OC)cc(OC)c2)c2cn(Cc3ccc(F)cc3)c3ccccc23)CC1. The normalized spacial score (nSPS) is 14.9. The van der Waals surface area contributed by atoms with Gasteiger partial charge in [0.1, 0.15) is 17.3 Å². The molecule has 0 aliphatic carbocycles. The first-order valence-corrected chi connectivity index (χ1v) is 13.5. The lowest BCUT2D eigenvalue weighted by Gasteiger charge is -2.35. The monoisotopic (exact) mass is 529 g/mol. The van der Waals surface area contributed by atoms with E-state index in [-0.39, 0.29) is 17.6 Å². The number of fused-ring (bicyclic) bond motifs is 1. The van der Waals surface area contributed by atoms with E-state index in [9.17, 15) is 9.18 Å². The standard InChI is InChI=1S/C32H36FN3O3/c1-4-34-13-15-35(16-14-34)32(37)20-29(24-17-26(38-2)19-27(18-24)39-3)30-22-36(31-8-6-5-7-28(30)31)21-23-9-11-25(33)12-10-23/h5-12,17-19,22,29H,4,13-16,20-21H2,1-3H3/t29-/m1/s1. The summed E-state index contributed by atoms with van der Waals surface area (Å²) in [5.41, 5.74) is 4.12. The van der Waals surface area contributed by atoms with Gasteiger partial charge in [-0.3, -0.25) is 4.79 Å². The van der Waals surface area contributed by atoms with Gasteiger partial charge in [0.15, 0.2) is 0 Å². The van der Waals surface area contributed by atoms with Gasteiger partial charge in [-0.1, -0.05) is 37.3 Å². The van der Waals surface area contributed by atoms with Crippen LogP contribution in [0.15, 0.2) is 72.9 Å². The number of hydrogen-bond donors (Lipinski definition) is 0. The van der Waals surface area contributed by atoms with Crippen LogP contribution in [0.25, 0.3) is 10.9 Å². The first-order valence-electron chi connectivity index (χ1n) is 13.5. The van der Waals surface area contributed by atoms with Crippen molar-refractivity contribution in [3.05, 3.63) is 95.4 Å². The van der Waals surface area contributed by atoms with Crippen LogP contribution < -0.4 is 9.47 Å². The molecule has 1 aliphatic rings. The number of likely N-dealkylation sites (N-methyl/N-ethyl adjacent to an activating group) is 1. The molecule has 0 spiro atoms. The minimum atomic E-state index is -0.248. The number of hydrogen-bond acceptors (Lipinski definition) is 4. The molecule has 0 bridgehead atoms. The molecule has 0 N–H and O–H groups in total. The molecule has 1 atom stereocenters. The summed E-state index contributed by atoms with van der Waals surface area (Å²) in [5, 5.41) is 1.09. The molecule has 1 saturated heterocycles. The Bertz CT molecular complexity index is 1400. The Balaban J connectivity index is 1.56. The number of amides is 1. The van der Waals surface area contributed by atoms with Crippen LogP contribution in [0.1, 0.15) is 36.0 Å². The Labute approximate surface area is 229 Å². The molecule has 1 fully saturated rings. The van der Waals surface area contributed by atoms with E-state index in [4.69, 9.17) is 9.47 Å². The van der Waals surface area contributed by atoms with Gasteiger partial charge in [0, 0.05) is 68.2 Å². The molecule has 4 aromatic rings. The van der Waals surface area contributed by atoms with Gasteiger partial charge in [0.25, 0.3) is 0 Å². The highest BCUT2D eigenvalue weighted by Crippen LogP contribution is 2.38. The van der Waals surface area contributed by atoms with Crippen molar-refractivity contribution >= 4 is 16.8 Å². The van der Waals surface area contributed by atoms with Crippen molar-refractivity contribution in [2.45, 2.75) is 25.8 Å². The maximum absolute atomic E-state index is 13.7. The van der Waals surface area contributed by atoms with E-state index in [1.807, 2.05) is 47.4 Å². The van der Waals surface area contributed by atoms with Crippen molar-refractivity contribution in [2.24, 2.45) is 0 Å². The minimum absolute atomic E-state index is 0.146. The number of para-hydroxylation sites is 1. The van der Waals surface area contributed by atoms with E-state index in [2.05, 4.69) is 34.7 Å². The zero-order chi connectivity index (χ0) is 27.4. The Morgan fingerprint density at radius 3 is 2.23 bits per heavy atom. The lowest BCUT2D eigenvalue weighted by molar-refractivity contribution is -0.133. The maximum atomic E-state index is 13.7. The van der Waals surface area contributed by atoms with E-state index in [1.165, 1.54) is 12.1 Å². The quantitative estimate of drug-likeness (QED) is 0.286. The van der Waals surface area contributed by atoms with Crippen molar-refractivity contribution in [2.75, 3.05) is 46.9 Å². The van der Waals surface area contributed by atoms with Crippen molar-refractivity contribution in [3.8, 4) is 11.5 Å². The number of rotatable bonds is 9. The molecule has 2 heterocycles. The number of aromatic nitrogens is 1. The van der Waals surface area contributed by atoms with Gasteiger partial charge in [-0.05, 0) is 53.6 Å². The van der Waals surface area contributed by atoms with E-state index in [0.717, 1.165) is 60.3 Å². The minimum Gasteiger partial charge on any atom is -0.497 e. The van der Waals surface area contributed by atoms with Gasteiger partial charge in [-0.15, -0.1) is 0 Å². The largest absolute Gasteiger partial charge is 0.497 e. The van der Waals surface area contributed by atoms with Crippen LogP contribution in [0.5, 0.6) is 11.5 Å². The van der Waals surface area contributed by atoms with Crippen LogP contribution in [0.4, 0.5) is 4.39 Å². The summed E-state index contributed by atoms with van der Waals surface area (Å²) in [7, 11) is 3.28. The van der Waals surface area contributed by atoms with E-state index >= 15 is 0 Å². The van der Waals surface area contributed by atoms with E-state index in [0.29, 0.717) is 24.5 Å². The second-order valence-corrected chi connectivity index (χ2v) is 10.1. The molecule has 1 aliphatic heterocycles. The predicted molar refractivity (Wildman–Crippen MR) is 152 cm³/mol. The van der Waals surface area contributed by atoms with Gasteiger partial charge in [0.05, 0.1) is 14.2 Å². The second kappa shape index (κ2) is 11.9. The molecular formula is C32H36FN3O3. The maximum Gasteiger partial charge on any atom is 0.223 e. The molecule has 5 rings (SSSR count). The highest BCUT2D eigenvalue weighted by Gasteiger charge is 2.28. The second-order valence-electron chi connectivity index (χ2n) is 10.1. The molecule has 6 nitrogen and oxygen atoms in total. The smallest absolute Gasteiger partial charge is 0.223 e. The van der Waals surface area contributed by atoms with Crippen molar-refractivity contribution < 1.29 is 18.7 Å². The number of piperazine rings is 1. The summed E-state index contributed by atoms with van der Waals surface area (Å²) >= 11 is 0. The van der Waals surface area contributed by atoms with Crippen LogP contribution in [-0.4, -0.2) is 67.2 Å². The van der Waals surface area contributed by atoms with Crippen LogP contribution in [0.2, 0.25) is 0 Å². The Morgan fingerprint density at radius 2 is 1.59 bits per heavy atom. The summed E-state index contributed by atoms with van der Waals surface area (Å²) in [6.07, 6.45) is 2.49. The molecule has 0 unspecified atom stereocenters. The van der Waals surface area contributed by atoms with Gasteiger partial charge in [0.2, 0.25) is 5.91 Å². The zero-order valence-corrected chi connectivity index (χ0v) is 22.9. The van der Waals surface area contributed by atoms with Crippen LogP contribution >= 0.6 is 0 Å². The average molecular weight is 530 g/mol. The van der Waals surface area contributed by atoms with Crippen LogP contribution in [-0.2, 0) is 11.3 Å². The fraction of sp³-hybridized carbons (Fsp3) is 0.344. The zero-order valence-electron chi connectivity index (χ0n) is 22.9. The number of carbonyl (C=O) groups is 1. The van der Waals surface area contributed by atoms with Gasteiger partial charge in [-0.25, -0.2) is 4.39 Å². The summed E-state index contributed by atoms with van der Waals surface area (Å²) in [6, 6.07) is 20.7. The topological polar surface area (TPSA) is 46.9 Å². The number of ether oxygens (including phenoxy) is 2. The van der Waals surface area contributed by atoms with Crippen molar-refractivity contribution in [1.29, 1.82) is 0 Å². The third kappa shape index (κ3) is 5.93. The van der Waals surface area contributed by atoms with Crippen LogP contribution in [0, 0.1) is 5.82 Å². The molecule has 1 amide bonds. The molecule has 204 valence electrons. The first-order chi connectivity index (χ1) is 19.0. The third-order valence-electron chi connectivity index (χ3n) is 7.79. The molecule has 3 aromatic carbocycles. The number of benzene rings is 3. The molecule has 0 saturated carbocycles. The van der Waals surface area contributed by atoms with Crippen LogP contribution in [0.3, 0.4) is 0 Å². The summed E-state index contributed by atoms with van der Waals surface area (Å²) in [5.74, 6) is 1.07. The Hall–Kier alpha value is -3.84. The molecule has 0 radical (unpaired) electrons. The lowest BCUT2D eigenvalue weighted by Crippen LogP contribution is -2.48. The lowest BCUT2D eigenvalue weighted by atomic mass is 9.87. The predicted octanol–water partition coefficient (Wildman–Crippen LogP) is 5.53. The summed E-state index contributed by atoms with van der Waals surface area (Å²) in [4.78, 5) is 18.1. The number of carbonyl (C=O) groups excluding carboxylic acids is 1. The van der Waals surface area contributed by atoms with Crippen molar-refractivity contribution in [1.82, 2.24) is 14.4 Å².